The molecular weight excluding hydrogens is 240 g/mol. The van der Waals surface area contributed by atoms with Crippen LogP contribution < -0.4 is 5.73 Å². The van der Waals surface area contributed by atoms with Crippen molar-refractivity contribution in [1.29, 1.82) is 0 Å². The lowest BCUT2D eigenvalue weighted by Crippen LogP contribution is -2.53. The molecule has 1 saturated carbocycles. The second-order valence-electron chi connectivity index (χ2n) is 6.58. The van der Waals surface area contributed by atoms with Crippen molar-refractivity contribution in [3.05, 3.63) is 0 Å². The molecule has 1 aliphatic heterocycles. The highest BCUT2D eigenvalue weighted by molar-refractivity contribution is 5.86. The molecule has 2 fully saturated rings. The van der Waals surface area contributed by atoms with Crippen LogP contribution in [-0.2, 0) is 9.53 Å². The van der Waals surface area contributed by atoms with Crippen LogP contribution in [0.5, 0.6) is 0 Å². The van der Waals surface area contributed by atoms with Crippen LogP contribution in [0.25, 0.3) is 0 Å². The first kappa shape index (κ1) is 14.8. The molecular formula is C15H28N2O2. The van der Waals surface area contributed by atoms with Gasteiger partial charge in [-0.1, -0.05) is 26.7 Å². The number of hydrogen-bond acceptors (Lipinski definition) is 3. The van der Waals surface area contributed by atoms with Crippen LogP contribution in [0.4, 0.5) is 0 Å². The first-order valence-electron chi connectivity index (χ1n) is 7.71. The van der Waals surface area contributed by atoms with E-state index in [4.69, 9.17) is 10.5 Å². The minimum atomic E-state index is -0.577. The number of rotatable bonds is 5. The Hall–Kier alpha value is -0.610. The van der Waals surface area contributed by atoms with E-state index in [1.54, 1.807) is 0 Å². The Morgan fingerprint density at radius 1 is 1.42 bits per heavy atom. The Kier molecular flexibility index (Phi) is 4.85. The van der Waals surface area contributed by atoms with Gasteiger partial charge in [0.1, 0.15) is 0 Å². The predicted octanol–water partition coefficient (Wildman–Crippen LogP) is 1.92. The molecule has 110 valence electrons. The molecule has 0 spiro atoms. The highest BCUT2D eigenvalue weighted by Gasteiger charge is 2.41. The van der Waals surface area contributed by atoms with Gasteiger partial charge in [0.25, 0.3) is 0 Å². The third-order valence-electron chi connectivity index (χ3n) is 4.40. The molecule has 4 heteroatoms. The molecule has 2 rings (SSSR count). The monoisotopic (exact) mass is 268 g/mol. The fourth-order valence-electron chi connectivity index (χ4n) is 3.05. The zero-order chi connectivity index (χ0) is 13.9. The van der Waals surface area contributed by atoms with Gasteiger partial charge in [-0.2, -0.15) is 0 Å². The maximum atomic E-state index is 12.4. The van der Waals surface area contributed by atoms with E-state index in [0.717, 1.165) is 58.2 Å². The number of likely N-dealkylation sites (tertiary alicyclic amines) is 1. The van der Waals surface area contributed by atoms with Gasteiger partial charge in [0.15, 0.2) is 0 Å². The summed E-state index contributed by atoms with van der Waals surface area (Å²) in [5.74, 6) is 0.824. The molecule has 1 amide bonds. The molecule has 19 heavy (non-hydrogen) atoms. The third kappa shape index (κ3) is 3.69. The maximum absolute atomic E-state index is 12.4. The SMILES string of the molecule is CC(C)CCOC1CCN(C(=O)C2(N)CCCC2)C1. The minimum Gasteiger partial charge on any atom is -0.376 e. The number of nitrogens with zero attached hydrogens (tertiary/aromatic N) is 1. The van der Waals surface area contributed by atoms with Crippen LogP contribution in [-0.4, -0.2) is 42.1 Å². The number of hydrogen-bond donors (Lipinski definition) is 1. The molecule has 1 heterocycles. The minimum absolute atomic E-state index is 0.153. The predicted molar refractivity (Wildman–Crippen MR) is 75.8 cm³/mol. The van der Waals surface area contributed by atoms with Gasteiger partial charge in [0.2, 0.25) is 5.91 Å². The summed E-state index contributed by atoms with van der Waals surface area (Å²) in [6, 6.07) is 0. The highest BCUT2D eigenvalue weighted by atomic mass is 16.5. The van der Waals surface area contributed by atoms with Crippen LogP contribution >= 0.6 is 0 Å². The summed E-state index contributed by atoms with van der Waals surface area (Å²) in [4.78, 5) is 14.4. The average molecular weight is 268 g/mol. The van der Waals surface area contributed by atoms with Crippen LogP contribution in [0, 0.1) is 5.92 Å². The zero-order valence-electron chi connectivity index (χ0n) is 12.4. The molecule has 1 aliphatic carbocycles. The van der Waals surface area contributed by atoms with Crippen LogP contribution in [0.15, 0.2) is 0 Å². The number of carbonyl (C=O) groups excluding carboxylic acids is 1. The van der Waals surface area contributed by atoms with Gasteiger partial charge in [-0.05, 0) is 31.6 Å². The normalized spacial score (nSPS) is 26.3. The average Bonchev–Trinajstić information content (AvgIpc) is 2.98. The standard InChI is InChI=1S/C15H28N2O2/c1-12(2)6-10-19-13-5-9-17(11-13)14(18)15(16)7-3-4-8-15/h12-13H,3-11,16H2,1-2H3. The van der Waals surface area contributed by atoms with Crippen molar-refractivity contribution in [3.63, 3.8) is 0 Å². The van der Waals surface area contributed by atoms with Crippen molar-refractivity contribution in [2.75, 3.05) is 19.7 Å². The summed E-state index contributed by atoms with van der Waals surface area (Å²) in [6.45, 7) is 6.75. The summed E-state index contributed by atoms with van der Waals surface area (Å²) in [7, 11) is 0. The molecule has 0 aromatic carbocycles. The Balaban J connectivity index is 1.76. The fraction of sp³-hybridized carbons (Fsp3) is 0.933. The molecule has 1 unspecified atom stereocenters. The number of carbonyl (C=O) groups is 1. The topological polar surface area (TPSA) is 55.6 Å². The lowest BCUT2D eigenvalue weighted by atomic mass is 9.97. The molecule has 1 atom stereocenters. The molecule has 1 saturated heterocycles. The van der Waals surface area contributed by atoms with E-state index in [0.29, 0.717) is 5.92 Å². The summed E-state index contributed by atoms with van der Waals surface area (Å²) >= 11 is 0. The first-order chi connectivity index (χ1) is 9.01. The van der Waals surface area contributed by atoms with Gasteiger partial charge in [0.05, 0.1) is 11.6 Å². The van der Waals surface area contributed by atoms with Crippen LogP contribution in [0.3, 0.4) is 0 Å². The Labute approximate surface area is 116 Å². The van der Waals surface area contributed by atoms with Crippen molar-refractivity contribution in [1.82, 2.24) is 4.90 Å². The molecule has 0 radical (unpaired) electrons. The van der Waals surface area contributed by atoms with Crippen molar-refractivity contribution in [2.45, 2.75) is 64.0 Å². The Morgan fingerprint density at radius 3 is 2.74 bits per heavy atom. The van der Waals surface area contributed by atoms with Gasteiger partial charge < -0.3 is 15.4 Å². The summed E-state index contributed by atoms with van der Waals surface area (Å²) in [6.07, 6.45) is 6.13. The van der Waals surface area contributed by atoms with Crippen LogP contribution in [0.2, 0.25) is 0 Å². The highest BCUT2D eigenvalue weighted by Crippen LogP contribution is 2.30. The van der Waals surface area contributed by atoms with E-state index in [-0.39, 0.29) is 12.0 Å². The zero-order valence-corrected chi connectivity index (χ0v) is 12.4. The van der Waals surface area contributed by atoms with Gasteiger partial charge in [-0.15, -0.1) is 0 Å². The molecule has 0 aromatic heterocycles. The second-order valence-corrected chi connectivity index (χ2v) is 6.58. The summed E-state index contributed by atoms with van der Waals surface area (Å²) in [5.41, 5.74) is 5.66. The number of nitrogens with two attached hydrogens (primary N) is 1. The quantitative estimate of drug-likeness (QED) is 0.829. The largest absolute Gasteiger partial charge is 0.376 e. The summed E-state index contributed by atoms with van der Waals surface area (Å²) in [5, 5.41) is 0. The molecule has 4 nitrogen and oxygen atoms in total. The Bertz CT molecular complexity index is 311. The third-order valence-corrected chi connectivity index (χ3v) is 4.40. The second kappa shape index (κ2) is 6.23. The lowest BCUT2D eigenvalue weighted by molar-refractivity contribution is -0.136. The molecule has 0 aromatic rings. The van der Waals surface area contributed by atoms with E-state index in [1.165, 1.54) is 0 Å². The lowest BCUT2D eigenvalue weighted by Gasteiger charge is -2.28. The number of ether oxygens (including phenoxy) is 1. The van der Waals surface area contributed by atoms with E-state index >= 15 is 0 Å². The van der Waals surface area contributed by atoms with Crippen molar-refractivity contribution in [2.24, 2.45) is 11.7 Å². The molecule has 0 bridgehead atoms. The smallest absolute Gasteiger partial charge is 0.242 e. The van der Waals surface area contributed by atoms with E-state index in [1.807, 2.05) is 4.90 Å². The Morgan fingerprint density at radius 2 is 2.11 bits per heavy atom. The summed E-state index contributed by atoms with van der Waals surface area (Å²) < 4.78 is 5.86. The van der Waals surface area contributed by atoms with E-state index in [9.17, 15) is 4.79 Å². The maximum Gasteiger partial charge on any atom is 0.242 e. The molecule has 2 aliphatic rings. The first-order valence-corrected chi connectivity index (χ1v) is 7.71. The van der Waals surface area contributed by atoms with Gasteiger partial charge in [0, 0.05) is 19.7 Å². The van der Waals surface area contributed by atoms with Gasteiger partial charge in [-0.3, -0.25) is 4.79 Å². The van der Waals surface area contributed by atoms with Crippen molar-refractivity contribution in [3.8, 4) is 0 Å². The van der Waals surface area contributed by atoms with E-state index < -0.39 is 5.54 Å². The van der Waals surface area contributed by atoms with Gasteiger partial charge >= 0.3 is 0 Å². The van der Waals surface area contributed by atoms with Crippen molar-refractivity contribution < 1.29 is 9.53 Å². The van der Waals surface area contributed by atoms with Crippen molar-refractivity contribution >= 4 is 5.91 Å². The number of amides is 1. The van der Waals surface area contributed by atoms with Crippen LogP contribution in [0.1, 0.15) is 52.4 Å². The fourth-order valence-corrected chi connectivity index (χ4v) is 3.05. The van der Waals surface area contributed by atoms with Gasteiger partial charge in [-0.25, -0.2) is 0 Å². The molecule has 2 N–H and O–H groups in total. The van der Waals surface area contributed by atoms with E-state index in [2.05, 4.69) is 13.8 Å².